The van der Waals surface area contributed by atoms with E-state index in [0.29, 0.717) is 0 Å². The second kappa shape index (κ2) is 5.60. The Balaban J connectivity index is 2.28. The van der Waals surface area contributed by atoms with Gasteiger partial charge in [-0.05, 0) is 44.5 Å². The van der Waals surface area contributed by atoms with E-state index >= 15 is 0 Å². The first-order chi connectivity index (χ1) is 10.6. The van der Waals surface area contributed by atoms with Crippen molar-refractivity contribution in [3.63, 3.8) is 0 Å². The Labute approximate surface area is 129 Å². The maximum Gasteiger partial charge on any atom is 0.168 e. The van der Waals surface area contributed by atoms with Gasteiger partial charge in [0.15, 0.2) is 5.82 Å². The van der Waals surface area contributed by atoms with Crippen molar-refractivity contribution in [2.24, 2.45) is 0 Å². The number of pyridine rings is 1. The molecule has 0 saturated carbocycles. The number of hydrogen-bond donors (Lipinski definition) is 0. The van der Waals surface area contributed by atoms with E-state index in [9.17, 15) is 0 Å². The molecule has 3 aromatic rings. The van der Waals surface area contributed by atoms with Crippen LogP contribution in [0.4, 0.5) is 0 Å². The first-order valence-corrected chi connectivity index (χ1v) is 7.11. The van der Waals surface area contributed by atoms with E-state index in [-0.39, 0.29) is 0 Å². The van der Waals surface area contributed by atoms with Gasteiger partial charge in [-0.1, -0.05) is 12.1 Å². The highest BCUT2D eigenvalue weighted by atomic mass is 16.5. The van der Waals surface area contributed by atoms with Gasteiger partial charge < -0.3 is 4.74 Å². The largest absolute Gasteiger partial charge is 0.495 e. The Morgan fingerprint density at radius 2 is 1.86 bits per heavy atom. The van der Waals surface area contributed by atoms with E-state index in [1.165, 1.54) is 0 Å². The molecule has 3 rings (SSSR count). The molecule has 0 radical (unpaired) electrons. The molecule has 0 unspecified atom stereocenters. The Bertz CT molecular complexity index is 823. The maximum absolute atomic E-state index is 5.53. The van der Waals surface area contributed by atoms with E-state index in [4.69, 9.17) is 4.74 Å². The number of aryl methyl sites for hydroxylation is 3. The number of nitrogens with zero attached hydrogens (tertiary/aromatic N) is 4. The van der Waals surface area contributed by atoms with Gasteiger partial charge in [0.25, 0.3) is 0 Å². The minimum atomic E-state index is 0.788. The minimum absolute atomic E-state index is 0.788. The van der Waals surface area contributed by atoms with E-state index in [2.05, 4.69) is 28.2 Å². The summed E-state index contributed by atoms with van der Waals surface area (Å²) in [6, 6.07) is 9.93. The molecule has 2 heterocycles. The van der Waals surface area contributed by atoms with E-state index < -0.39 is 0 Å². The summed E-state index contributed by atoms with van der Waals surface area (Å²) in [5.74, 6) is 2.41. The molecule has 0 amide bonds. The molecule has 1 aromatic carbocycles. The van der Waals surface area contributed by atoms with Crippen molar-refractivity contribution in [2.45, 2.75) is 20.8 Å². The zero-order valence-electron chi connectivity index (χ0n) is 13.2. The van der Waals surface area contributed by atoms with Gasteiger partial charge in [-0.25, -0.2) is 0 Å². The SMILES string of the molecule is COc1cccc(C)c1-n1c(C)nnc1-c1ccnc(C)c1. The van der Waals surface area contributed by atoms with Crippen molar-refractivity contribution in [1.29, 1.82) is 0 Å². The van der Waals surface area contributed by atoms with Crippen LogP contribution in [0, 0.1) is 20.8 Å². The molecule has 0 N–H and O–H groups in total. The van der Waals surface area contributed by atoms with Crippen LogP contribution < -0.4 is 4.74 Å². The topological polar surface area (TPSA) is 52.8 Å². The first kappa shape index (κ1) is 14.3. The summed E-state index contributed by atoms with van der Waals surface area (Å²) in [7, 11) is 1.67. The minimum Gasteiger partial charge on any atom is -0.495 e. The van der Waals surface area contributed by atoms with Gasteiger partial charge in [0.05, 0.1) is 12.8 Å². The fourth-order valence-corrected chi connectivity index (χ4v) is 2.58. The van der Waals surface area contributed by atoms with Crippen LogP contribution in [0.2, 0.25) is 0 Å². The summed E-state index contributed by atoms with van der Waals surface area (Å²) in [6.07, 6.45) is 1.79. The molecule has 5 heteroatoms. The average molecular weight is 294 g/mol. The summed E-state index contributed by atoms with van der Waals surface area (Å²) >= 11 is 0. The van der Waals surface area contributed by atoms with Crippen molar-refractivity contribution in [2.75, 3.05) is 7.11 Å². The Morgan fingerprint density at radius 3 is 2.59 bits per heavy atom. The van der Waals surface area contributed by atoms with Crippen LogP contribution in [0.25, 0.3) is 17.1 Å². The lowest BCUT2D eigenvalue weighted by Gasteiger charge is -2.15. The number of methoxy groups -OCH3 is 1. The molecule has 22 heavy (non-hydrogen) atoms. The number of benzene rings is 1. The summed E-state index contributed by atoms with van der Waals surface area (Å²) in [5.41, 5.74) is 4.01. The second-order valence-electron chi connectivity index (χ2n) is 5.22. The highest BCUT2D eigenvalue weighted by molar-refractivity contribution is 5.63. The van der Waals surface area contributed by atoms with Crippen LogP contribution in [0.5, 0.6) is 5.75 Å². The average Bonchev–Trinajstić information content (AvgIpc) is 2.88. The lowest BCUT2D eigenvalue weighted by atomic mass is 10.1. The van der Waals surface area contributed by atoms with Crippen LogP contribution >= 0.6 is 0 Å². The number of ether oxygens (including phenoxy) is 1. The highest BCUT2D eigenvalue weighted by Gasteiger charge is 2.18. The lowest BCUT2D eigenvalue weighted by Crippen LogP contribution is -2.05. The molecule has 0 bridgehead atoms. The number of hydrogen-bond acceptors (Lipinski definition) is 4. The van der Waals surface area contributed by atoms with Gasteiger partial charge in [-0.2, -0.15) is 0 Å². The Kier molecular flexibility index (Phi) is 3.63. The molecule has 0 aliphatic rings. The van der Waals surface area contributed by atoms with Crippen molar-refractivity contribution in [1.82, 2.24) is 19.7 Å². The molecule has 0 spiro atoms. The standard InChI is InChI=1S/C17H18N4O/c1-11-6-5-7-15(22-4)16(11)21-13(3)19-20-17(21)14-8-9-18-12(2)10-14/h5-10H,1-4H3. The Hall–Kier alpha value is -2.69. The van der Waals surface area contributed by atoms with Crippen LogP contribution in [-0.4, -0.2) is 26.9 Å². The molecule has 0 atom stereocenters. The summed E-state index contributed by atoms with van der Waals surface area (Å²) < 4.78 is 7.56. The van der Waals surface area contributed by atoms with Gasteiger partial charge in [-0.3, -0.25) is 9.55 Å². The Morgan fingerprint density at radius 1 is 1.05 bits per heavy atom. The van der Waals surface area contributed by atoms with Gasteiger partial charge in [0, 0.05) is 17.5 Å². The van der Waals surface area contributed by atoms with Crippen molar-refractivity contribution < 1.29 is 4.74 Å². The third-order valence-corrected chi connectivity index (χ3v) is 3.62. The third-order valence-electron chi connectivity index (χ3n) is 3.62. The van der Waals surface area contributed by atoms with Gasteiger partial charge in [0.1, 0.15) is 11.6 Å². The van der Waals surface area contributed by atoms with Crippen molar-refractivity contribution in [3.8, 4) is 22.8 Å². The van der Waals surface area contributed by atoms with Crippen molar-refractivity contribution in [3.05, 3.63) is 53.6 Å². The van der Waals surface area contributed by atoms with Crippen LogP contribution in [0.15, 0.2) is 36.5 Å². The van der Waals surface area contributed by atoms with E-state index in [1.807, 2.05) is 42.7 Å². The fourth-order valence-electron chi connectivity index (χ4n) is 2.58. The summed E-state index contributed by atoms with van der Waals surface area (Å²) in [6.45, 7) is 5.96. The first-order valence-electron chi connectivity index (χ1n) is 7.11. The maximum atomic E-state index is 5.53. The molecular weight excluding hydrogens is 276 g/mol. The van der Waals surface area contributed by atoms with Crippen LogP contribution in [0.3, 0.4) is 0 Å². The van der Waals surface area contributed by atoms with Crippen LogP contribution in [-0.2, 0) is 0 Å². The molecule has 0 saturated heterocycles. The summed E-state index contributed by atoms with van der Waals surface area (Å²) in [4.78, 5) is 4.24. The number of rotatable bonds is 3. The van der Waals surface area contributed by atoms with E-state index in [1.54, 1.807) is 13.3 Å². The summed E-state index contributed by atoms with van der Waals surface area (Å²) in [5, 5.41) is 8.60. The quantitative estimate of drug-likeness (QED) is 0.744. The number of aromatic nitrogens is 4. The van der Waals surface area contributed by atoms with E-state index in [0.717, 1.165) is 39.9 Å². The second-order valence-corrected chi connectivity index (χ2v) is 5.22. The normalized spacial score (nSPS) is 10.7. The molecule has 5 nitrogen and oxygen atoms in total. The third kappa shape index (κ3) is 2.35. The van der Waals surface area contributed by atoms with Gasteiger partial charge in [-0.15, -0.1) is 10.2 Å². The molecule has 0 aliphatic carbocycles. The molecule has 2 aromatic heterocycles. The lowest BCUT2D eigenvalue weighted by molar-refractivity contribution is 0.412. The number of para-hydroxylation sites is 1. The fraction of sp³-hybridized carbons (Fsp3) is 0.235. The molecule has 0 fully saturated rings. The molecule has 112 valence electrons. The smallest absolute Gasteiger partial charge is 0.168 e. The van der Waals surface area contributed by atoms with Crippen LogP contribution in [0.1, 0.15) is 17.1 Å². The molecule has 0 aliphatic heterocycles. The predicted molar refractivity (Wildman–Crippen MR) is 85.4 cm³/mol. The van der Waals surface area contributed by atoms with Crippen molar-refractivity contribution >= 4 is 0 Å². The zero-order chi connectivity index (χ0) is 15.7. The van der Waals surface area contributed by atoms with Gasteiger partial charge in [0.2, 0.25) is 0 Å². The zero-order valence-corrected chi connectivity index (χ0v) is 13.2. The monoisotopic (exact) mass is 294 g/mol. The molecular formula is C17H18N4O. The predicted octanol–water partition coefficient (Wildman–Crippen LogP) is 3.26. The highest BCUT2D eigenvalue weighted by Crippen LogP contribution is 2.31. The van der Waals surface area contributed by atoms with Gasteiger partial charge >= 0.3 is 0 Å².